The molecule has 0 saturated carbocycles. The van der Waals surface area contributed by atoms with Gasteiger partial charge in [0.1, 0.15) is 5.75 Å². The van der Waals surface area contributed by atoms with Gasteiger partial charge in [-0.3, -0.25) is 4.79 Å². The Hall–Kier alpha value is -1.82. The number of carbonyl (C=O) groups excluding carboxylic acids is 1. The molecule has 2 aromatic carbocycles. The molecule has 1 heterocycles. The Kier molecular flexibility index (Phi) is 7.98. The molecule has 6 heteroatoms. The van der Waals surface area contributed by atoms with Gasteiger partial charge in [0, 0.05) is 32.7 Å². The fourth-order valence-corrected chi connectivity index (χ4v) is 2.92. The number of amides is 1. The Labute approximate surface area is 155 Å². The zero-order valence-corrected chi connectivity index (χ0v) is 15.2. The molecule has 1 amide bonds. The maximum atomic E-state index is 11.9. The van der Waals surface area contributed by atoms with Gasteiger partial charge in [-0.2, -0.15) is 0 Å². The minimum Gasteiger partial charge on any atom is -0.484 e. The maximum absolute atomic E-state index is 11.9. The third-order valence-electron chi connectivity index (χ3n) is 4.27. The van der Waals surface area contributed by atoms with Gasteiger partial charge in [0.05, 0.1) is 0 Å². The predicted octanol–water partition coefficient (Wildman–Crippen LogP) is 2.05. The van der Waals surface area contributed by atoms with Crippen LogP contribution in [0.25, 0.3) is 10.8 Å². The van der Waals surface area contributed by atoms with Crippen LogP contribution in [0.15, 0.2) is 42.5 Å². The Morgan fingerprint density at radius 2 is 1.88 bits per heavy atom. The number of hydrogen-bond donors (Lipinski definition) is 2. The number of fused-ring (bicyclic) bond motifs is 1. The molecule has 5 nitrogen and oxygen atoms in total. The second-order valence-electron chi connectivity index (χ2n) is 6.09. The molecule has 0 atom stereocenters. The summed E-state index contributed by atoms with van der Waals surface area (Å²) in [6.45, 7) is 6.11. The predicted molar refractivity (Wildman–Crippen MR) is 104 cm³/mol. The summed E-state index contributed by atoms with van der Waals surface area (Å²) in [4.78, 5) is 14.3. The molecule has 1 fully saturated rings. The third-order valence-corrected chi connectivity index (χ3v) is 4.27. The van der Waals surface area contributed by atoms with Crippen molar-refractivity contribution in [3.05, 3.63) is 42.5 Å². The first-order valence-corrected chi connectivity index (χ1v) is 8.63. The van der Waals surface area contributed by atoms with E-state index in [1.165, 1.54) is 5.39 Å². The van der Waals surface area contributed by atoms with E-state index in [-0.39, 0.29) is 24.9 Å². The van der Waals surface area contributed by atoms with Crippen LogP contribution in [0, 0.1) is 0 Å². The number of nitrogens with zero attached hydrogens (tertiary/aromatic N) is 1. The molecular formula is C19H26ClN3O2. The molecule has 0 radical (unpaired) electrons. The number of nitrogens with one attached hydrogen (secondary N) is 2. The van der Waals surface area contributed by atoms with Crippen molar-refractivity contribution in [2.24, 2.45) is 0 Å². The van der Waals surface area contributed by atoms with Crippen molar-refractivity contribution < 1.29 is 9.53 Å². The summed E-state index contributed by atoms with van der Waals surface area (Å²) in [6.07, 6.45) is 0.974. The molecule has 1 aliphatic rings. The smallest absolute Gasteiger partial charge is 0.257 e. The van der Waals surface area contributed by atoms with E-state index in [4.69, 9.17) is 4.74 Å². The molecule has 1 aliphatic heterocycles. The van der Waals surface area contributed by atoms with Gasteiger partial charge in [-0.25, -0.2) is 0 Å². The molecule has 0 unspecified atom stereocenters. The second-order valence-corrected chi connectivity index (χ2v) is 6.09. The average molecular weight is 364 g/mol. The van der Waals surface area contributed by atoms with Crippen molar-refractivity contribution in [3.63, 3.8) is 0 Å². The fraction of sp³-hybridized carbons (Fsp3) is 0.421. The molecule has 0 spiro atoms. The molecule has 25 heavy (non-hydrogen) atoms. The van der Waals surface area contributed by atoms with Gasteiger partial charge in [-0.1, -0.05) is 30.3 Å². The minimum atomic E-state index is -0.0662. The van der Waals surface area contributed by atoms with Crippen molar-refractivity contribution in [2.75, 3.05) is 45.9 Å². The van der Waals surface area contributed by atoms with Gasteiger partial charge >= 0.3 is 0 Å². The summed E-state index contributed by atoms with van der Waals surface area (Å²) >= 11 is 0. The highest BCUT2D eigenvalue weighted by Crippen LogP contribution is 2.20. The van der Waals surface area contributed by atoms with Gasteiger partial charge in [0.25, 0.3) is 5.91 Å². The largest absolute Gasteiger partial charge is 0.484 e. The van der Waals surface area contributed by atoms with Gasteiger partial charge in [0.2, 0.25) is 0 Å². The lowest BCUT2D eigenvalue weighted by Crippen LogP contribution is -2.44. The lowest BCUT2D eigenvalue weighted by molar-refractivity contribution is -0.123. The highest BCUT2D eigenvalue weighted by atomic mass is 35.5. The second kappa shape index (κ2) is 10.2. The van der Waals surface area contributed by atoms with E-state index < -0.39 is 0 Å². The van der Waals surface area contributed by atoms with E-state index in [0.29, 0.717) is 6.54 Å². The summed E-state index contributed by atoms with van der Waals surface area (Å²) in [5.74, 6) is 0.660. The molecular weight excluding hydrogens is 338 g/mol. The van der Waals surface area contributed by atoms with E-state index in [9.17, 15) is 4.79 Å². The van der Waals surface area contributed by atoms with Crippen LogP contribution in [-0.4, -0.2) is 56.7 Å². The number of halogens is 1. The van der Waals surface area contributed by atoms with Crippen LogP contribution in [0.2, 0.25) is 0 Å². The fourth-order valence-electron chi connectivity index (χ4n) is 2.92. The van der Waals surface area contributed by atoms with Crippen LogP contribution in [0.4, 0.5) is 0 Å². The van der Waals surface area contributed by atoms with Crippen molar-refractivity contribution in [2.45, 2.75) is 6.42 Å². The van der Waals surface area contributed by atoms with E-state index >= 15 is 0 Å². The highest BCUT2D eigenvalue weighted by Gasteiger charge is 2.09. The molecule has 1 saturated heterocycles. The molecule has 0 aromatic heterocycles. The summed E-state index contributed by atoms with van der Waals surface area (Å²) in [5, 5.41) is 8.55. The quantitative estimate of drug-likeness (QED) is 0.739. The average Bonchev–Trinajstić information content (AvgIpc) is 2.64. The van der Waals surface area contributed by atoms with Crippen LogP contribution in [0.3, 0.4) is 0 Å². The maximum Gasteiger partial charge on any atom is 0.257 e. The molecule has 2 N–H and O–H groups in total. The van der Waals surface area contributed by atoms with Crippen LogP contribution in [-0.2, 0) is 4.79 Å². The van der Waals surface area contributed by atoms with Crippen LogP contribution < -0.4 is 15.4 Å². The highest BCUT2D eigenvalue weighted by molar-refractivity contribution is 5.85. The normalized spacial score (nSPS) is 14.7. The minimum absolute atomic E-state index is 0. The van der Waals surface area contributed by atoms with Crippen LogP contribution >= 0.6 is 12.4 Å². The lowest BCUT2D eigenvalue weighted by atomic mass is 10.1. The number of carbonyl (C=O) groups is 1. The summed E-state index contributed by atoms with van der Waals surface area (Å²) in [5.41, 5.74) is 0. The van der Waals surface area contributed by atoms with Gasteiger partial charge < -0.3 is 20.3 Å². The van der Waals surface area contributed by atoms with E-state index in [0.717, 1.165) is 50.3 Å². The first-order valence-electron chi connectivity index (χ1n) is 8.63. The zero-order valence-electron chi connectivity index (χ0n) is 14.4. The van der Waals surface area contributed by atoms with Crippen molar-refractivity contribution in [3.8, 4) is 5.75 Å². The number of piperazine rings is 1. The first kappa shape index (κ1) is 19.5. The Morgan fingerprint density at radius 3 is 2.68 bits per heavy atom. The van der Waals surface area contributed by atoms with Gasteiger partial charge in [-0.05, 0) is 35.9 Å². The van der Waals surface area contributed by atoms with Gasteiger partial charge in [-0.15, -0.1) is 12.4 Å². The topological polar surface area (TPSA) is 53.6 Å². The van der Waals surface area contributed by atoms with E-state index in [2.05, 4.69) is 21.6 Å². The summed E-state index contributed by atoms with van der Waals surface area (Å²) in [6, 6.07) is 14.0. The van der Waals surface area contributed by atoms with Crippen LogP contribution in [0.1, 0.15) is 6.42 Å². The molecule has 3 rings (SSSR count). The van der Waals surface area contributed by atoms with E-state index in [1.54, 1.807) is 0 Å². The van der Waals surface area contributed by atoms with E-state index in [1.807, 2.05) is 36.4 Å². The monoisotopic (exact) mass is 363 g/mol. The summed E-state index contributed by atoms with van der Waals surface area (Å²) < 4.78 is 5.59. The molecule has 2 aromatic rings. The van der Waals surface area contributed by atoms with Crippen molar-refractivity contribution in [1.82, 2.24) is 15.5 Å². The molecule has 136 valence electrons. The Bertz CT molecular complexity index is 675. The standard InChI is InChI=1S/C19H25N3O2.ClH/c23-19(21-8-3-11-22-12-9-20-10-13-22)15-24-18-7-6-16-4-1-2-5-17(16)14-18;/h1-2,4-7,14,20H,3,8-13,15H2,(H,21,23);1H. The molecule has 0 bridgehead atoms. The van der Waals surface area contributed by atoms with Gasteiger partial charge in [0.15, 0.2) is 6.61 Å². The lowest BCUT2D eigenvalue weighted by Gasteiger charge is -2.27. The first-order chi connectivity index (χ1) is 11.8. The zero-order chi connectivity index (χ0) is 16.6. The Balaban J connectivity index is 0.00000225. The Morgan fingerprint density at radius 1 is 1.12 bits per heavy atom. The van der Waals surface area contributed by atoms with Crippen molar-refractivity contribution in [1.29, 1.82) is 0 Å². The number of rotatable bonds is 7. The number of benzene rings is 2. The van der Waals surface area contributed by atoms with Crippen LogP contribution in [0.5, 0.6) is 5.75 Å². The SMILES string of the molecule is Cl.O=C(COc1ccc2ccccc2c1)NCCCN1CCNCC1. The molecule has 0 aliphatic carbocycles. The summed E-state index contributed by atoms with van der Waals surface area (Å²) in [7, 11) is 0. The van der Waals surface area contributed by atoms with Crippen molar-refractivity contribution >= 4 is 29.1 Å². The number of ether oxygens (including phenoxy) is 1. The number of hydrogen-bond acceptors (Lipinski definition) is 4. The third kappa shape index (κ3) is 6.20.